The fraction of sp³-hybridized carbons (Fsp3) is 0.208. The lowest BCUT2D eigenvalue weighted by atomic mass is 9.88. The molecule has 1 aromatic carbocycles. The van der Waals surface area contributed by atoms with Crippen LogP contribution < -0.4 is 4.74 Å². The predicted molar refractivity (Wildman–Crippen MR) is 124 cm³/mol. The minimum Gasteiger partial charge on any atom is -0.467 e. The Labute approximate surface area is 190 Å². The maximum Gasteiger partial charge on any atom is 0.317 e. The van der Waals surface area contributed by atoms with Crippen molar-refractivity contribution in [2.45, 2.75) is 19.4 Å². The molecule has 1 unspecified atom stereocenters. The van der Waals surface area contributed by atoms with Crippen LogP contribution in [-0.2, 0) is 12.6 Å². The number of aromatic nitrogens is 7. The lowest BCUT2D eigenvalue weighted by Gasteiger charge is -2.25. The molecule has 5 rings (SSSR count). The van der Waals surface area contributed by atoms with Crippen molar-refractivity contribution >= 4 is 11.2 Å². The van der Waals surface area contributed by atoms with E-state index in [1.165, 1.54) is 7.11 Å². The van der Waals surface area contributed by atoms with E-state index in [4.69, 9.17) is 9.72 Å². The number of H-pyrrole nitrogens is 1. The van der Waals surface area contributed by atoms with Crippen molar-refractivity contribution in [3.05, 3.63) is 71.9 Å². The van der Waals surface area contributed by atoms with E-state index in [1.54, 1.807) is 36.3 Å². The number of nitrogens with one attached hydrogen (secondary N) is 1. The van der Waals surface area contributed by atoms with E-state index in [0.717, 1.165) is 22.3 Å². The van der Waals surface area contributed by atoms with Gasteiger partial charge in [0, 0.05) is 30.6 Å². The van der Waals surface area contributed by atoms with Crippen LogP contribution in [0.2, 0.25) is 0 Å². The molecule has 0 spiro atoms. The smallest absolute Gasteiger partial charge is 0.317 e. The number of methoxy groups -OCH3 is 1. The summed E-state index contributed by atoms with van der Waals surface area (Å²) in [4.78, 5) is 21.4. The van der Waals surface area contributed by atoms with Crippen molar-refractivity contribution in [2.75, 3.05) is 7.11 Å². The summed E-state index contributed by atoms with van der Waals surface area (Å²) in [6.45, 7) is 3.68. The molecule has 0 saturated heterocycles. The van der Waals surface area contributed by atoms with Crippen LogP contribution in [0.3, 0.4) is 0 Å². The molecule has 0 amide bonds. The van der Waals surface area contributed by atoms with Gasteiger partial charge in [-0.1, -0.05) is 24.3 Å². The Morgan fingerprint density at radius 1 is 1.09 bits per heavy atom. The predicted octanol–water partition coefficient (Wildman–Crippen LogP) is 3.39. The van der Waals surface area contributed by atoms with Crippen molar-refractivity contribution < 1.29 is 9.84 Å². The van der Waals surface area contributed by atoms with Crippen LogP contribution in [0.4, 0.5) is 0 Å². The quantitative estimate of drug-likeness (QED) is 0.430. The molecule has 0 aliphatic rings. The largest absolute Gasteiger partial charge is 0.467 e. The number of aliphatic hydroxyl groups is 1. The summed E-state index contributed by atoms with van der Waals surface area (Å²) in [5.74, 6) is 0. The van der Waals surface area contributed by atoms with Gasteiger partial charge in [-0.05, 0) is 31.0 Å². The maximum atomic E-state index is 11.5. The van der Waals surface area contributed by atoms with E-state index >= 15 is 0 Å². The number of benzene rings is 1. The highest BCUT2D eigenvalue weighted by Gasteiger charge is 2.30. The zero-order chi connectivity index (χ0) is 23.2. The van der Waals surface area contributed by atoms with Gasteiger partial charge in [-0.15, -0.1) is 0 Å². The fourth-order valence-corrected chi connectivity index (χ4v) is 3.94. The third kappa shape index (κ3) is 3.62. The summed E-state index contributed by atoms with van der Waals surface area (Å²) in [7, 11) is 3.35. The Morgan fingerprint density at radius 3 is 2.64 bits per heavy atom. The fourth-order valence-electron chi connectivity index (χ4n) is 3.94. The van der Waals surface area contributed by atoms with E-state index < -0.39 is 5.60 Å². The molecule has 9 nitrogen and oxygen atoms in total. The third-order valence-electron chi connectivity index (χ3n) is 5.71. The Balaban J connectivity index is 1.66. The van der Waals surface area contributed by atoms with Gasteiger partial charge in [-0.3, -0.25) is 4.68 Å². The van der Waals surface area contributed by atoms with Gasteiger partial charge in [0.2, 0.25) is 0 Å². The third-order valence-corrected chi connectivity index (χ3v) is 5.71. The first kappa shape index (κ1) is 20.8. The van der Waals surface area contributed by atoms with Crippen LogP contribution in [0, 0.1) is 6.92 Å². The summed E-state index contributed by atoms with van der Waals surface area (Å²) in [6.07, 6.45) is 7.13. The Hall–Kier alpha value is -4.11. The molecule has 0 aliphatic heterocycles. The first-order chi connectivity index (χ1) is 15.9. The average Bonchev–Trinajstić information content (AvgIpc) is 3.44. The first-order valence-electron chi connectivity index (χ1n) is 10.4. The van der Waals surface area contributed by atoms with Crippen LogP contribution in [0.15, 0.2) is 55.1 Å². The lowest BCUT2D eigenvalue weighted by molar-refractivity contribution is 0.0957. The topological polar surface area (TPSA) is 115 Å². The van der Waals surface area contributed by atoms with Crippen molar-refractivity contribution in [1.82, 2.24) is 34.7 Å². The number of hydrogen-bond donors (Lipinski definition) is 2. The van der Waals surface area contributed by atoms with Gasteiger partial charge in [-0.25, -0.2) is 9.97 Å². The van der Waals surface area contributed by atoms with Gasteiger partial charge in [-0.2, -0.15) is 15.1 Å². The van der Waals surface area contributed by atoms with E-state index in [0.29, 0.717) is 28.2 Å². The van der Waals surface area contributed by atoms with Crippen LogP contribution in [0.5, 0.6) is 6.01 Å². The number of aryl methyl sites for hydroxylation is 2. The highest BCUT2D eigenvalue weighted by molar-refractivity contribution is 5.90. The molecule has 0 radical (unpaired) electrons. The number of rotatable bonds is 5. The number of hydrogen-bond acceptors (Lipinski definition) is 7. The van der Waals surface area contributed by atoms with E-state index in [2.05, 4.69) is 25.0 Å². The summed E-state index contributed by atoms with van der Waals surface area (Å²) < 4.78 is 7.09. The molecular formula is C24H23N7O2. The highest BCUT2D eigenvalue weighted by Crippen LogP contribution is 2.34. The van der Waals surface area contributed by atoms with Crippen LogP contribution >= 0.6 is 0 Å². The van der Waals surface area contributed by atoms with Crippen molar-refractivity contribution in [2.24, 2.45) is 7.05 Å². The van der Waals surface area contributed by atoms with E-state index in [-0.39, 0.29) is 6.01 Å². The zero-order valence-corrected chi connectivity index (χ0v) is 18.7. The molecule has 1 atom stereocenters. The minimum absolute atomic E-state index is 0.155. The van der Waals surface area contributed by atoms with Gasteiger partial charge in [0.25, 0.3) is 0 Å². The van der Waals surface area contributed by atoms with Crippen LogP contribution in [0.1, 0.15) is 23.7 Å². The molecule has 33 heavy (non-hydrogen) atoms. The molecule has 0 bridgehead atoms. The number of ether oxygens (including phenoxy) is 1. The Kier molecular flexibility index (Phi) is 4.90. The summed E-state index contributed by atoms with van der Waals surface area (Å²) in [5.41, 5.74) is 4.92. The summed E-state index contributed by atoms with van der Waals surface area (Å²) >= 11 is 0. The van der Waals surface area contributed by atoms with Gasteiger partial charge < -0.3 is 14.8 Å². The van der Waals surface area contributed by atoms with Gasteiger partial charge in [0.15, 0.2) is 5.65 Å². The molecule has 0 fully saturated rings. The molecule has 4 aromatic heterocycles. The van der Waals surface area contributed by atoms with Gasteiger partial charge >= 0.3 is 6.01 Å². The number of fused-ring (bicyclic) bond motifs is 1. The molecule has 2 N–H and O–H groups in total. The van der Waals surface area contributed by atoms with Gasteiger partial charge in [0.05, 0.1) is 36.6 Å². The maximum absolute atomic E-state index is 11.5. The van der Waals surface area contributed by atoms with E-state index in [9.17, 15) is 5.11 Å². The van der Waals surface area contributed by atoms with E-state index in [1.807, 2.05) is 44.4 Å². The second-order valence-electron chi connectivity index (χ2n) is 8.07. The summed E-state index contributed by atoms with van der Waals surface area (Å²) in [5, 5.41) is 15.7. The second-order valence-corrected chi connectivity index (χ2v) is 8.07. The molecule has 9 heteroatoms. The average molecular weight is 441 g/mol. The molecule has 0 saturated carbocycles. The zero-order valence-electron chi connectivity index (χ0n) is 18.7. The molecule has 4 heterocycles. The van der Waals surface area contributed by atoms with Crippen molar-refractivity contribution in [3.8, 4) is 28.5 Å². The van der Waals surface area contributed by atoms with Crippen molar-refractivity contribution in [1.29, 1.82) is 0 Å². The Morgan fingerprint density at radius 2 is 1.91 bits per heavy atom. The molecule has 5 aromatic rings. The SMILES string of the molecule is COc1nc(-c2c[nH]c3ncc(-c4cnn(C)c4)nc23)cc(C(C)(O)c2ccccc2C)n1. The molecular weight excluding hydrogens is 418 g/mol. The lowest BCUT2D eigenvalue weighted by Crippen LogP contribution is -2.26. The van der Waals surface area contributed by atoms with Gasteiger partial charge in [0.1, 0.15) is 11.1 Å². The molecule has 166 valence electrons. The number of nitrogens with zero attached hydrogens (tertiary/aromatic N) is 6. The monoisotopic (exact) mass is 441 g/mol. The molecule has 0 aliphatic carbocycles. The Bertz CT molecular complexity index is 1470. The first-order valence-corrected chi connectivity index (χ1v) is 10.4. The standard InChI is InChI=1S/C24H23N7O2/c1-14-7-5-6-8-17(14)24(2,32)20-9-18(29-23(30-20)33-4)16-11-25-22-21(16)28-19(12-26-22)15-10-27-31(3)13-15/h5-13,32H,1-4H3,(H,25,26). The van der Waals surface area contributed by atoms with Crippen molar-refractivity contribution in [3.63, 3.8) is 0 Å². The van der Waals surface area contributed by atoms with Crippen LogP contribution in [-0.4, -0.2) is 46.9 Å². The summed E-state index contributed by atoms with van der Waals surface area (Å²) in [6, 6.07) is 9.59. The normalized spacial score (nSPS) is 13.2. The minimum atomic E-state index is -1.35. The highest BCUT2D eigenvalue weighted by atomic mass is 16.5. The number of aromatic amines is 1. The van der Waals surface area contributed by atoms with Crippen LogP contribution in [0.25, 0.3) is 33.7 Å². The second kappa shape index (κ2) is 7.79.